The number of aliphatic carboxylic acids is 1. The Balaban J connectivity index is 2.87. The van der Waals surface area contributed by atoms with E-state index in [1.165, 1.54) is 12.3 Å². The van der Waals surface area contributed by atoms with Gasteiger partial charge in [0.15, 0.2) is 5.13 Å². The Hall–Kier alpha value is -2.69. The van der Waals surface area contributed by atoms with Crippen molar-refractivity contribution in [2.24, 2.45) is 10.9 Å². The number of hydrogen-bond donors (Lipinski definition) is 3. The number of nitrogens with zero attached hydrogens (tertiary/aromatic N) is 2. The van der Waals surface area contributed by atoms with Crippen LogP contribution in [0, 0.1) is 0 Å². The predicted octanol–water partition coefficient (Wildman–Crippen LogP) is 1.17. The van der Waals surface area contributed by atoms with Crippen molar-refractivity contribution in [2.75, 3.05) is 5.32 Å². The smallest absolute Gasteiger partial charge is 0.413 e. The van der Waals surface area contributed by atoms with Gasteiger partial charge >= 0.3 is 12.1 Å². The summed E-state index contributed by atoms with van der Waals surface area (Å²) in [6, 6.07) is 0. The maximum absolute atomic E-state index is 11.6. The number of aromatic nitrogens is 1. The molecule has 11 heteroatoms. The highest BCUT2D eigenvalue weighted by molar-refractivity contribution is 7.14. The molecule has 0 saturated carbocycles. The summed E-state index contributed by atoms with van der Waals surface area (Å²) in [4.78, 5) is 42.4. The number of carboxylic acids is 1. The van der Waals surface area contributed by atoms with Crippen LogP contribution in [-0.4, -0.2) is 45.5 Å². The molecule has 24 heavy (non-hydrogen) atoms. The van der Waals surface area contributed by atoms with Crippen LogP contribution in [0.3, 0.4) is 0 Å². The Morgan fingerprint density at radius 2 is 2.04 bits per heavy atom. The van der Waals surface area contributed by atoms with Gasteiger partial charge < -0.3 is 20.4 Å². The number of anilines is 1. The van der Waals surface area contributed by atoms with E-state index in [-0.39, 0.29) is 10.8 Å². The van der Waals surface area contributed by atoms with Crippen LogP contribution in [0.25, 0.3) is 0 Å². The summed E-state index contributed by atoms with van der Waals surface area (Å²) >= 11 is 0.976. The number of carboxylic acid groups (broad SMARTS) is 1. The van der Waals surface area contributed by atoms with E-state index in [4.69, 9.17) is 20.4 Å². The van der Waals surface area contributed by atoms with Crippen LogP contribution >= 0.6 is 11.3 Å². The van der Waals surface area contributed by atoms with E-state index < -0.39 is 35.4 Å². The lowest BCUT2D eigenvalue weighted by Gasteiger charge is -2.18. The summed E-state index contributed by atoms with van der Waals surface area (Å²) in [6.45, 7) is 6.42. The fraction of sp³-hybridized carbons (Fsp3) is 0.462. The molecule has 0 bridgehead atoms. The highest BCUT2D eigenvalue weighted by Crippen LogP contribution is 2.18. The fourth-order valence-corrected chi connectivity index (χ4v) is 1.89. The summed E-state index contributed by atoms with van der Waals surface area (Å²) < 4.78 is 5.06. The molecular weight excluding hydrogens is 340 g/mol. The van der Waals surface area contributed by atoms with Crippen LogP contribution in [0.15, 0.2) is 10.5 Å². The molecule has 0 aliphatic rings. The highest BCUT2D eigenvalue weighted by atomic mass is 32.1. The third kappa shape index (κ3) is 6.20. The second kappa shape index (κ2) is 7.73. The van der Waals surface area contributed by atoms with Gasteiger partial charge in [-0.25, -0.2) is 14.6 Å². The SMILES string of the molecule is C[C@H](O/N=C(\C(=O)O)c1csc(NC(=O)OC(C)(C)C)n1)C(N)=O. The van der Waals surface area contributed by atoms with Crippen LogP contribution < -0.4 is 11.1 Å². The van der Waals surface area contributed by atoms with E-state index in [1.54, 1.807) is 20.8 Å². The minimum Gasteiger partial charge on any atom is -0.476 e. The summed E-state index contributed by atoms with van der Waals surface area (Å²) in [5, 5.41) is 16.4. The average Bonchev–Trinajstić information content (AvgIpc) is 2.83. The van der Waals surface area contributed by atoms with Gasteiger partial charge in [-0.15, -0.1) is 11.3 Å². The predicted molar refractivity (Wildman–Crippen MR) is 85.9 cm³/mol. The molecule has 2 amide bonds. The Labute approximate surface area is 141 Å². The Morgan fingerprint density at radius 3 is 2.54 bits per heavy atom. The van der Waals surface area contributed by atoms with E-state index >= 15 is 0 Å². The number of nitrogens with one attached hydrogen (secondary N) is 1. The molecule has 0 aromatic carbocycles. The van der Waals surface area contributed by atoms with Crippen molar-refractivity contribution in [3.05, 3.63) is 11.1 Å². The first kappa shape index (κ1) is 19.4. The lowest BCUT2D eigenvalue weighted by molar-refractivity contribution is -0.131. The van der Waals surface area contributed by atoms with Gasteiger partial charge in [0.25, 0.3) is 5.91 Å². The number of nitrogens with two attached hydrogens (primary N) is 1. The second-order valence-electron chi connectivity index (χ2n) is 5.56. The molecule has 4 N–H and O–H groups in total. The van der Waals surface area contributed by atoms with Crippen molar-refractivity contribution in [3.8, 4) is 0 Å². The maximum atomic E-state index is 11.6. The number of rotatable bonds is 6. The lowest BCUT2D eigenvalue weighted by atomic mass is 10.2. The van der Waals surface area contributed by atoms with Gasteiger partial charge in [-0.1, -0.05) is 5.16 Å². The summed E-state index contributed by atoms with van der Waals surface area (Å²) in [5.74, 6) is -2.21. The Kier molecular flexibility index (Phi) is 6.23. The molecule has 0 fully saturated rings. The number of carbonyl (C=O) groups excluding carboxylic acids is 2. The number of carbonyl (C=O) groups is 3. The van der Waals surface area contributed by atoms with Crippen molar-refractivity contribution in [1.29, 1.82) is 0 Å². The number of amides is 2. The van der Waals surface area contributed by atoms with E-state index in [1.807, 2.05) is 0 Å². The number of thiazole rings is 1. The first-order valence-electron chi connectivity index (χ1n) is 6.72. The van der Waals surface area contributed by atoms with Gasteiger partial charge in [0.2, 0.25) is 11.8 Å². The molecule has 0 saturated heterocycles. The molecule has 1 atom stereocenters. The largest absolute Gasteiger partial charge is 0.476 e. The molecule has 132 valence electrons. The van der Waals surface area contributed by atoms with Gasteiger partial charge in [-0.2, -0.15) is 0 Å². The number of hydrogen-bond acceptors (Lipinski definition) is 8. The van der Waals surface area contributed by atoms with Crippen LogP contribution in [0.5, 0.6) is 0 Å². The first-order chi connectivity index (χ1) is 11.0. The van der Waals surface area contributed by atoms with Gasteiger partial charge in [0.1, 0.15) is 11.3 Å². The van der Waals surface area contributed by atoms with Gasteiger partial charge in [-0.3, -0.25) is 10.1 Å². The number of ether oxygens (including phenoxy) is 1. The van der Waals surface area contributed by atoms with Crippen molar-refractivity contribution >= 4 is 40.1 Å². The summed E-state index contributed by atoms with van der Waals surface area (Å²) in [6.07, 6.45) is -1.83. The molecule has 0 unspecified atom stereocenters. The van der Waals surface area contributed by atoms with Crippen molar-refractivity contribution < 1.29 is 29.1 Å². The Bertz CT molecular complexity index is 664. The molecule has 0 radical (unpaired) electrons. The first-order valence-corrected chi connectivity index (χ1v) is 7.60. The third-order valence-corrected chi connectivity index (χ3v) is 3.02. The Morgan fingerprint density at radius 1 is 1.42 bits per heavy atom. The minimum atomic E-state index is -1.42. The zero-order chi connectivity index (χ0) is 18.5. The highest BCUT2D eigenvalue weighted by Gasteiger charge is 2.21. The van der Waals surface area contributed by atoms with Crippen LogP contribution in [0.2, 0.25) is 0 Å². The molecule has 1 aromatic rings. The lowest BCUT2D eigenvalue weighted by Crippen LogP contribution is -2.28. The van der Waals surface area contributed by atoms with Crippen molar-refractivity contribution in [2.45, 2.75) is 39.4 Å². The minimum absolute atomic E-state index is 0.0461. The van der Waals surface area contributed by atoms with Crippen molar-refractivity contribution in [3.63, 3.8) is 0 Å². The standard InChI is InChI=1S/C13H18N4O6S/c1-6(9(14)18)23-17-8(10(19)20)7-5-24-11(15-7)16-12(21)22-13(2,3)4/h5-6H,1-4H3,(H2,14,18)(H,19,20)(H,15,16,21)/b17-8-/t6-/m0/s1. The molecular formula is C13H18N4O6S. The zero-order valence-electron chi connectivity index (χ0n) is 13.5. The number of primary amides is 1. The molecule has 0 aliphatic heterocycles. The van der Waals surface area contributed by atoms with Gasteiger partial charge in [-0.05, 0) is 27.7 Å². The molecule has 0 aliphatic carbocycles. The van der Waals surface area contributed by atoms with E-state index in [0.29, 0.717) is 0 Å². The van der Waals surface area contributed by atoms with Gasteiger partial charge in [0.05, 0.1) is 0 Å². The number of oxime groups is 1. The van der Waals surface area contributed by atoms with E-state index in [9.17, 15) is 14.4 Å². The average molecular weight is 358 g/mol. The van der Waals surface area contributed by atoms with Gasteiger partial charge in [0, 0.05) is 5.38 Å². The fourth-order valence-electron chi connectivity index (χ4n) is 1.21. The third-order valence-electron chi connectivity index (χ3n) is 2.26. The zero-order valence-corrected chi connectivity index (χ0v) is 14.3. The van der Waals surface area contributed by atoms with Crippen LogP contribution in [0.1, 0.15) is 33.4 Å². The second-order valence-corrected chi connectivity index (χ2v) is 6.42. The maximum Gasteiger partial charge on any atom is 0.413 e. The molecule has 10 nitrogen and oxygen atoms in total. The normalized spacial score (nSPS) is 13.1. The quantitative estimate of drug-likeness (QED) is 0.509. The summed E-state index contributed by atoms with van der Waals surface area (Å²) in [5.41, 5.74) is 3.73. The van der Waals surface area contributed by atoms with Crippen LogP contribution in [-0.2, 0) is 19.2 Å². The summed E-state index contributed by atoms with van der Waals surface area (Å²) in [7, 11) is 0. The topological polar surface area (TPSA) is 153 Å². The van der Waals surface area contributed by atoms with Crippen molar-refractivity contribution in [1.82, 2.24) is 4.98 Å². The van der Waals surface area contributed by atoms with E-state index in [2.05, 4.69) is 15.5 Å². The van der Waals surface area contributed by atoms with Crippen LogP contribution in [0.4, 0.5) is 9.93 Å². The monoisotopic (exact) mass is 358 g/mol. The van der Waals surface area contributed by atoms with E-state index in [0.717, 1.165) is 11.3 Å². The molecule has 1 rings (SSSR count). The molecule has 1 aromatic heterocycles. The molecule has 0 spiro atoms. The molecule has 1 heterocycles.